The fourth-order valence-corrected chi connectivity index (χ4v) is 2.46. The number of thiocarbonyl (C=S) groups is 1. The Bertz CT molecular complexity index is 764. The van der Waals surface area contributed by atoms with Gasteiger partial charge in [0.1, 0.15) is 0 Å². The molecule has 0 spiro atoms. The molecule has 2 aromatic carbocycles. The SMILES string of the molecule is CC(=O)Nc1cccc(NC(=S)NC(=O)c2cccc(Br)c2)c1. The van der Waals surface area contributed by atoms with Gasteiger partial charge in [-0.3, -0.25) is 14.9 Å². The van der Waals surface area contributed by atoms with Gasteiger partial charge in [-0.15, -0.1) is 0 Å². The van der Waals surface area contributed by atoms with Crippen molar-refractivity contribution in [3.05, 3.63) is 58.6 Å². The van der Waals surface area contributed by atoms with Crippen LogP contribution in [0.15, 0.2) is 53.0 Å². The second-order valence-corrected chi connectivity index (χ2v) is 6.00. The van der Waals surface area contributed by atoms with Crippen LogP contribution in [0, 0.1) is 0 Å². The molecule has 0 aromatic heterocycles. The fourth-order valence-electron chi connectivity index (χ4n) is 1.85. The number of amides is 2. The summed E-state index contributed by atoms with van der Waals surface area (Å²) in [5.74, 6) is -0.463. The van der Waals surface area contributed by atoms with Crippen LogP contribution in [0.3, 0.4) is 0 Å². The average molecular weight is 392 g/mol. The molecule has 118 valence electrons. The largest absolute Gasteiger partial charge is 0.332 e. The van der Waals surface area contributed by atoms with Gasteiger partial charge in [-0.05, 0) is 48.6 Å². The van der Waals surface area contributed by atoms with Gasteiger partial charge in [-0.1, -0.05) is 28.1 Å². The zero-order chi connectivity index (χ0) is 16.8. The van der Waals surface area contributed by atoms with Crippen molar-refractivity contribution in [2.45, 2.75) is 6.92 Å². The third kappa shape index (κ3) is 5.46. The number of hydrogen-bond acceptors (Lipinski definition) is 3. The molecule has 23 heavy (non-hydrogen) atoms. The molecule has 2 rings (SSSR count). The normalized spacial score (nSPS) is 9.83. The summed E-state index contributed by atoms with van der Waals surface area (Å²) in [6, 6.07) is 14.0. The molecule has 3 N–H and O–H groups in total. The van der Waals surface area contributed by atoms with Crippen molar-refractivity contribution in [1.82, 2.24) is 5.32 Å². The maximum absolute atomic E-state index is 12.1. The highest BCUT2D eigenvalue weighted by Crippen LogP contribution is 2.15. The van der Waals surface area contributed by atoms with Gasteiger partial charge < -0.3 is 10.6 Å². The summed E-state index contributed by atoms with van der Waals surface area (Å²) in [6.45, 7) is 1.43. The van der Waals surface area contributed by atoms with E-state index in [1.165, 1.54) is 6.92 Å². The average Bonchev–Trinajstić information content (AvgIpc) is 2.46. The zero-order valence-corrected chi connectivity index (χ0v) is 14.6. The molecule has 2 aromatic rings. The number of benzene rings is 2. The molecular formula is C16H14BrN3O2S. The minimum absolute atomic E-state index is 0.160. The predicted octanol–water partition coefficient (Wildman–Crippen LogP) is 3.53. The van der Waals surface area contributed by atoms with Crippen molar-refractivity contribution in [2.75, 3.05) is 10.6 Å². The van der Waals surface area contributed by atoms with Gasteiger partial charge in [0.15, 0.2) is 5.11 Å². The van der Waals surface area contributed by atoms with Crippen LogP contribution in [-0.4, -0.2) is 16.9 Å². The topological polar surface area (TPSA) is 70.2 Å². The van der Waals surface area contributed by atoms with Gasteiger partial charge in [0, 0.05) is 28.3 Å². The van der Waals surface area contributed by atoms with E-state index in [2.05, 4.69) is 31.9 Å². The minimum atomic E-state index is -0.304. The highest BCUT2D eigenvalue weighted by atomic mass is 79.9. The van der Waals surface area contributed by atoms with Crippen LogP contribution in [0.4, 0.5) is 11.4 Å². The fraction of sp³-hybridized carbons (Fsp3) is 0.0625. The number of rotatable bonds is 3. The van der Waals surface area contributed by atoms with Crippen LogP contribution in [-0.2, 0) is 4.79 Å². The van der Waals surface area contributed by atoms with Crippen molar-refractivity contribution in [3.8, 4) is 0 Å². The Balaban J connectivity index is 1.99. The first-order valence-electron chi connectivity index (χ1n) is 6.69. The van der Waals surface area contributed by atoms with E-state index in [1.807, 2.05) is 6.07 Å². The molecule has 0 aliphatic carbocycles. The summed E-state index contributed by atoms with van der Waals surface area (Å²) in [4.78, 5) is 23.2. The van der Waals surface area contributed by atoms with E-state index in [0.717, 1.165) is 4.47 Å². The van der Waals surface area contributed by atoms with Crippen molar-refractivity contribution < 1.29 is 9.59 Å². The van der Waals surface area contributed by atoms with Crippen LogP contribution < -0.4 is 16.0 Å². The molecule has 0 heterocycles. The van der Waals surface area contributed by atoms with Crippen LogP contribution >= 0.6 is 28.1 Å². The van der Waals surface area contributed by atoms with Gasteiger partial charge >= 0.3 is 0 Å². The lowest BCUT2D eigenvalue weighted by Crippen LogP contribution is -2.34. The third-order valence-electron chi connectivity index (χ3n) is 2.75. The zero-order valence-electron chi connectivity index (χ0n) is 12.2. The van der Waals surface area contributed by atoms with Gasteiger partial charge in [-0.25, -0.2) is 0 Å². The van der Waals surface area contributed by atoms with Crippen molar-refractivity contribution in [3.63, 3.8) is 0 Å². The molecule has 0 atom stereocenters. The lowest BCUT2D eigenvalue weighted by molar-refractivity contribution is -0.114. The first-order chi connectivity index (χ1) is 10.9. The molecule has 5 nitrogen and oxygen atoms in total. The van der Waals surface area contributed by atoms with Crippen LogP contribution in [0.1, 0.15) is 17.3 Å². The summed E-state index contributed by atoms with van der Waals surface area (Å²) in [5.41, 5.74) is 1.80. The van der Waals surface area contributed by atoms with E-state index in [0.29, 0.717) is 16.9 Å². The Kier molecular flexibility index (Phi) is 5.84. The molecule has 0 aliphatic rings. The molecule has 0 radical (unpaired) electrons. The Hall–Kier alpha value is -2.25. The van der Waals surface area contributed by atoms with Crippen molar-refractivity contribution in [1.29, 1.82) is 0 Å². The van der Waals surface area contributed by atoms with Crippen LogP contribution in [0.2, 0.25) is 0 Å². The highest BCUT2D eigenvalue weighted by Gasteiger charge is 2.08. The highest BCUT2D eigenvalue weighted by molar-refractivity contribution is 9.10. The van der Waals surface area contributed by atoms with E-state index in [9.17, 15) is 9.59 Å². The van der Waals surface area contributed by atoms with Crippen LogP contribution in [0.25, 0.3) is 0 Å². The molecule has 0 saturated carbocycles. The number of carbonyl (C=O) groups is 2. The van der Waals surface area contributed by atoms with E-state index in [1.54, 1.807) is 42.5 Å². The summed E-state index contributed by atoms with van der Waals surface area (Å²) in [7, 11) is 0. The van der Waals surface area contributed by atoms with Crippen LogP contribution in [0.5, 0.6) is 0 Å². The summed E-state index contributed by atoms with van der Waals surface area (Å²) in [6.07, 6.45) is 0. The maximum Gasteiger partial charge on any atom is 0.257 e. The first kappa shape index (κ1) is 17.1. The number of nitrogens with one attached hydrogen (secondary N) is 3. The quantitative estimate of drug-likeness (QED) is 0.699. The lowest BCUT2D eigenvalue weighted by Gasteiger charge is -2.11. The second-order valence-electron chi connectivity index (χ2n) is 4.68. The number of hydrogen-bond donors (Lipinski definition) is 3. The summed E-state index contributed by atoms with van der Waals surface area (Å²) >= 11 is 8.45. The molecule has 0 fully saturated rings. The summed E-state index contributed by atoms with van der Waals surface area (Å²) in [5, 5.41) is 8.37. The van der Waals surface area contributed by atoms with Gasteiger partial charge in [0.25, 0.3) is 5.91 Å². The second kappa shape index (κ2) is 7.85. The standard InChI is InChI=1S/C16H14BrN3O2S/c1-10(21)18-13-6-3-7-14(9-13)19-16(23)20-15(22)11-4-2-5-12(17)8-11/h2-9H,1H3,(H,18,21)(H2,19,20,22,23). The molecule has 0 aliphatic heterocycles. The number of anilines is 2. The number of carbonyl (C=O) groups excluding carboxylic acids is 2. The first-order valence-corrected chi connectivity index (χ1v) is 7.90. The van der Waals surface area contributed by atoms with E-state index in [-0.39, 0.29) is 16.9 Å². The van der Waals surface area contributed by atoms with Crippen molar-refractivity contribution in [2.24, 2.45) is 0 Å². The monoisotopic (exact) mass is 391 g/mol. The van der Waals surface area contributed by atoms with E-state index < -0.39 is 0 Å². The Morgan fingerprint density at radius 3 is 2.30 bits per heavy atom. The molecule has 0 unspecified atom stereocenters. The summed E-state index contributed by atoms with van der Waals surface area (Å²) < 4.78 is 0.812. The van der Waals surface area contributed by atoms with Gasteiger partial charge in [0.2, 0.25) is 5.91 Å². The Morgan fingerprint density at radius 1 is 1.00 bits per heavy atom. The third-order valence-corrected chi connectivity index (χ3v) is 3.45. The lowest BCUT2D eigenvalue weighted by atomic mass is 10.2. The smallest absolute Gasteiger partial charge is 0.257 e. The molecule has 7 heteroatoms. The molecular weight excluding hydrogens is 378 g/mol. The van der Waals surface area contributed by atoms with Gasteiger partial charge in [0.05, 0.1) is 0 Å². The Morgan fingerprint density at radius 2 is 1.65 bits per heavy atom. The predicted molar refractivity (Wildman–Crippen MR) is 98.6 cm³/mol. The minimum Gasteiger partial charge on any atom is -0.332 e. The number of halogens is 1. The van der Waals surface area contributed by atoms with E-state index in [4.69, 9.17) is 12.2 Å². The van der Waals surface area contributed by atoms with Gasteiger partial charge in [-0.2, -0.15) is 0 Å². The van der Waals surface area contributed by atoms with Crippen molar-refractivity contribution >= 4 is 56.4 Å². The molecule has 0 bridgehead atoms. The Labute approximate surface area is 147 Å². The maximum atomic E-state index is 12.1. The van der Waals surface area contributed by atoms with E-state index >= 15 is 0 Å². The molecule has 0 saturated heterocycles. The molecule has 2 amide bonds.